The standard InChI is InChI=1S/C23H33N3O7S/c1-25(15-17-9-12-33-13-10-17)21(27)14-19(22(28)26-11-5-8-20(26)23(29)30)24-34(31,32)16-18-6-3-2-4-7-18/h2-4,6-7,17,19-20,24H,5,8-16H2,1H3,(H,29,30). The normalized spacial score (nSPS) is 20.1. The van der Waals surface area contributed by atoms with E-state index >= 15 is 0 Å². The zero-order valence-electron chi connectivity index (χ0n) is 19.4. The van der Waals surface area contributed by atoms with Gasteiger partial charge in [0, 0.05) is 33.4 Å². The lowest BCUT2D eigenvalue weighted by Gasteiger charge is -2.30. The summed E-state index contributed by atoms with van der Waals surface area (Å²) in [7, 11) is -2.34. The molecule has 2 atom stereocenters. The number of hydrogen-bond acceptors (Lipinski definition) is 6. The first-order chi connectivity index (χ1) is 16.2. The number of nitrogens with one attached hydrogen (secondary N) is 1. The van der Waals surface area contributed by atoms with Crippen molar-refractivity contribution < 1.29 is 32.6 Å². The van der Waals surface area contributed by atoms with Crippen LogP contribution in [0.3, 0.4) is 0 Å². The summed E-state index contributed by atoms with van der Waals surface area (Å²) in [6.45, 7) is 1.97. The lowest BCUT2D eigenvalue weighted by molar-refractivity contribution is -0.149. The van der Waals surface area contributed by atoms with Crippen molar-refractivity contribution in [1.82, 2.24) is 14.5 Å². The number of amides is 2. The molecule has 0 bridgehead atoms. The number of carboxylic acids is 1. The molecule has 2 aliphatic heterocycles. The molecular formula is C23H33N3O7S. The maximum Gasteiger partial charge on any atom is 0.326 e. The number of carbonyl (C=O) groups is 3. The second kappa shape index (κ2) is 11.8. The van der Waals surface area contributed by atoms with Gasteiger partial charge in [-0.15, -0.1) is 0 Å². The minimum Gasteiger partial charge on any atom is -0.480 e. The van der Waals surface area contributed by atoms with Gasteiger partial charge >= 0.3 is 5.97 Å². The van der Waals surface area contributed by atoms with Gasteiger partial charge in [0.05, 0.1) is 12.2 Å². The second-order valence-corrected chi connectivity index (χ2v) is 10.7. The zero-order chi connectivity index (χ0) is 24.7. The molecule has 0 aromatic heterocycles. The lowest BCUT2D eigenvalue weighted by Crippen LogP contribution is -2.53. The zero-order valence-corrected chi connectivity index (χ0v) is 20.2. The molecule has 0 saturated carbocycles. The van der Waals surface area contributed by atoms with Crippen molar-refractivity contribution in [3.63, 3.8) is 0 Å². The quantitative estimate of drug-likeness (QED) is 0.491. The Kier molecular flexibility index (Phi) is 9.03. The number of carbonyl (C=O) groups excluding carboxylic acids is 2. The monoisotopic (exact) mass is 495 g/mol. The molecule has 188 valence electrons. The maximum absolute atomic E-state index is 13.3. The van der Waals surface area contributed by atoms with E-state index in [2.05, 4.69) is 4.72 Å². The molecule has 10 nitrogen and oxygen atoms in total. The predicted octanol–water partition coefficient (Wildman–Crippen LogP) is 0.825. The summed E-state index contributed by atoms with van der Waals surface area (Å²) < 4.78 is 33.5. The Morgan fingerprint density at radius 3 is 2.50 bits per heavy atom. The summed E-state index contributed by atoms with van der Waals surface area (Å²) in [4.78, 5) is 40.5. The van der Waals surface area contributed by atoms with E-state index in [1.54, 1.807) is 37.4 Å². The highest BCUT2D eigenvalue weighted by Gasteiger charge is 2.39. The van der Waals surface area contributed by atoms with E-state index in [9.17, 15) is 27.9 Å². The molecule has 2 fully saturated rings. The minimum absolute atomic E-state index is 0.207. The Morgan fingerprint density at radius 1 is 1.18 bits per heavy atom. The van der Waals surface area contributed by atoms with Gasteiger partial charge in [0.15, 0.2) is 0 Å². The van der Waals surface area contributed by atoms with Gasteiger partial charge in [0.1, 0.15) is 12.1 Å². The number of carboxylic acid groups (broad SMARTS) is 1. The molecule has 3 rings (SSSR count). The van der Waals surface area contributed by atoms with Crippen LogP contribution < -0.4 is 4.72 Å². The maximum atomic E-state index is 13.3. The van der Waals surface area contributed by atoms with Crippen molar-refractivity contribution in [3.05, 3.63) is 35.9 Å². The third-order valence-electron chi connectivity index (χ3n) is 6.32. The molecule has 0 aliphatic carbocycles. The van der Waals surface area contributed by atoms with Crippen LogP contribution in [0, 0.1) is 5.92 Å². The molecular weight excluding hydrogens is 462 g/mol. The smallest absolute Gasteiger partial charge is 0.326 e. The highest BCUT2D eigenvalue weighted by atomic mass is 32.2. The summed E-state index contributed by atoms with van der Waals surface area (Å²) in [6.07, 6.45) is 2.08. The molecule has 2 N–H and O–H groups in total. The van der Waals surface area contributed by atoms with Crippen LogP contribution in [0.25, 0.3) is 0 Å². The van der Waals surface area contributed by atoms with Crippen LogP contribution >= 0.6 is 0 Å². The van der Waals surface area contributed by atoms with E-state index in [-0.39, 0.29) is 30.5 Å². The summed E-state index contributed by atoms with van der Waals surface area (Å²) >= 11 is 0. The molecule has 2 amide bonds. The largest absolute Gasteiger partial charge is 0.480 e. The Bertz CT molecular complexity index is 964. The Balaban J connectivity index is 1.74. The topological polar surface area (TPSA) is 133 Å². The van der Waals surface area contributed by atoms with Crippen molar-refractivity contribution in [3.8, 4) is 0 Å². The highest BCUT2D eigenvalue weighted by Crippen LogP contribution is 2.21. The highest BCUT2D eigenvalue weighted by molar-refractivity contribution is 7.88. The first kappa shape index (κ1) is 26.1. The van der Waals surface area contributed by atoms with E-state index < -0.39 is 34.0 Å². The van der Waals surface area contributed by atoms with Crippen LogP contribution in [-0.4, -0.2) is 86.5 Å². The van der Waals surface area contributed by atoms with Crippen LogP contribution in [0.2, 0.25) is 0 Å². The molecule has 2 heterocycles. The van der Waals surface area contributed by atoms with Crippen molar-refractivity contribution >= 4 is 27.8 Å². The fourth-order valence-electron chi connectivity index (χ4n) is 4.47. The molecule has 2 aliphatic rings. The Morgan fingerprint density at radius 2 is 1.85 bits per heavy atom. The van der Waals surface area contributed by atoms with Gasteiger partial charge in [-0.25, -0.2) is 17.9 Å². The van der Waals surface area contributed by atoms with Crippen LogP contribution in [0.15, 0.2) is 30.3 Å². The molecule has 11 heteroatoms. The first-order valence-electron chi connectivity index (χ1n) is 11.5. The van der Waals surface area contributed by atoms with Crippen LogP contribution in [-0.2, 0) is 34.9 Å². The summed E-state index contributed by atoms with van der Waals surface area (Å²) in [5.74, 6) is -2.28. The third-order valence-corrected chi connectivity index (χ3v) is 7.67. The number of sulfonamides is 1. The van der Waals surface area contributed by atoms with Gasteiger partial charge in [0.2, 0.25) is 21.8 Å². The van der Waals surface area contributed by atoms with Crippen molar-refractivity contribution in [2.75, 3.05) is 33.4 Å². The molecule has 2 unspecified atom stereocenters. The number of likely N-dealkylation sites (tertiary alicyclic amines) is 1. The van der Waals surface area contributed by atoms with Gasteiger partial charge < -0.3 is 19.6 Å². The summed E-state index contributed by atoms with van der Waals surface area (Å²) in [5, 5.41) is 9.48. The number of benzene rings is 1. The lowest BCUT2D eigenvalue weighted by atomic mass is 9.99. The Hall–Kier alpha value is -2.50. The fraction of sp³-hybridized carbons (Fsp3) is 0.609. The van der Waals surface area contributed by atoms with E-state index in [0.29, 0.717) is 38.2 Å². The number of nitrogens with zero attached hydrogens (tertiary/aromatic N) is 2. The van der Waals surface area contributed by atoms with Gasteiger partial charge in [0.25, 0.3) is 0 Å². The molecule has 2 saturated heterocycles. The van der Waals surface area contributed by atoms with E-state index in [0.717, 1.165) is 12.8 Å². The van der Waals surface area contributed by atoms with Crippen LogP contribution in [0.5, 0.6) is 0 Å². The number of hydrogen-bond donors (Lipinski definition) is 2. The SMILES string of the molecule is CN(CC1CCOCC1)C(=O)CC(NS(=O)(=O)Cc1ccccc1)C(=O)N1CCCC1C(=O)O. The number of rotatable bonds is 10. The molecule has 1 aromatic rings. The first-order valence-corrected chi connectivity index (χ1v) is 13.2. The summed E-state index contributed by atoms with van der Waals surface area (Å²) in [6, 6.07) is 6.10. The summed E-state index contributed by atoms with van der Waals surface area (Å²) in [5.41, 5.74) is 0.536. The number of ether oxygens (including phenoxy) is 1. The number of aliphatic carboxylic acids is 1. The van der Waals surface area contributed by atoms with Crippen LogP contribution in [0.1, 0.15) is 37.7 Å². The molecule has 0 spiro atoms. The second-order valence-electron chi connectivity index (χ2n) is 8.98. The van der Waals surface area contributed by atoms with Crippen LogP contribution in [0.4, 0.5) is 0 Å². The molecule has 1 aromatic carbocycles. The van der Waals surface area contributed by atoms with E-state index in [1.165, 1.54) is 9.80 Å². The van der Waals surface area contributed by atoms with Crippen molar-refractivity contribution in [2.45, 2.75) is 49.9 Å². The van der Waals surface area contributed by atoms with Gasteiger partial charge in [-0.2, -0.15) is 0 Å². The minimum atomic E-state index is -3.98. The average Bonchev–Trinajstić information content (AvgIpc) is 3.29. The molecule has 34 heavy (non-hydrogen) atoms. The van der Waals surface area contributed by atoms with Gasteiger partial charge in [-0.3, -0.25) is 9.59 Å². The Labute approximate surface area is 200 Å². The van der Waals surface area contributed by atoms with Crippen molar-refractivity contribution in [1.29, 1.82) is 0 Å². The van der Waals surface area contributed by atoms with Crippen molar-refractivity contribution in [2.24, 2.45) is 5.92 Å². The van der Waals surface area contributed by atoms with Gasteiger partial charge in [-0.1, -0.05) is 30.3 Å². The third kappa shape index (κ3) is 7.25. The molecule has 0 radical (unpaired) electrons. The fourth-order valence-corrected chi connectivity index (χ4v) is 5.80. The average molecular weight is 496 g/mol. The van der Waals surface area contributed by atoms with Gasteiger partial charge in [-0.05, 0) is 37.2 Å². The van der Waals surface area contributed by atoms with E-state index in [1.807, 2.05) is 0 Å². The van der Waals surface area contributed by atoms with E-state index in [4.69, 9.17) is 4.74 Å². The predicted molar refractivity (Wildman–Crippen MR) is 124 cm³/mol.